The van der Waals surface area contributed by atoms with E-state index in [1.54, 1.807) is 6.07 Å². The van der Waals surface area contributed by atoms with E-state index in [2.05, 4.69) is 10.2 Å². The van der Waals surface area contributed by atoms with E-state index in [0.717, 1.165) is 30.9 Å². The lowest BCUT2D eigenvalue weighted by Crippen LogP contribution is -2.36. The molecule has 3 rings (SSSR count). The predicted molar refractivity (Wildman–Crippen MR) is 95.0 cm³/mol. The number of para-hydroxylation sites is 2. The molecular formula is C19H19F3N2O3. The van der Waals surface area contributed by atoms with Crippen LogP contribution in [0.3, 0.4) is 0 Å². The summed E-state index contributed by atoms with van der Waals surface area (Å²) in [6.45, 7) is 2.41. The molecule has 1 N–H and O–H groups in total. The third-order valence-corrected chi connectivity index (χ3v) is 4.08. The highest BCUT2D eigenvalue weighted by Crippen LogP contribution is 2.30. The normalized spacial score (nSPS) is 14.7. The van der Waals surface area contributed by atoms with Crippen molar-refractivity contribution in [3.8, 4) is 5.75 Å². The first-order chi connectivity index (χ1) is 12.9. The third kappa shape index (κ3) is 5.13. The standard InChI is InChI=1S/C19H19F3N2O3/c20-19(21,22)14-5-7-15(8-6-14)27-13-18(25)23-16-3-1-2-4-17(16)24-9-11-26-12-10-24/h1-8H,9-13H2,(H,23,25). The third-order valence-electron chi connectivity index (χ3n) is 4.08. The first kappa shape index (κ1) is 19.0. The van der Waals surface area contributed by atoms with Gasteiger partial charge in [0.25, 0.3) is 5.91 Å². The Kier molecular flexibility index (Phi) is 5.85. The van der Waals surface area contributed by atoms with Crippen LogP contribution in [0.2, 0.25) is 0 Å². The number of anilines is 2. The van der Waals surface area contributed by atoms with Crippen molar-refractivity contribution in [2.75, 3.05) is 43.1 Å². The molecule has 1 heterocycles. The van der Waals surface area contributed by atoms with Gasteiger partial charge in [0.2, 0.25) is 0 Å². The average Bonchev–Trinajstić information content (AvgIpc) is 2.67. The van der Waals surface area contributed by atoms with Gasteiger partial charge in [0.1, 0.15) is 5.75 Å². The zero-order valence-corrected chi connectivity index (χ0v) is 14.5. The molecule has 1 amide bonds. The largest absolute Gasteiger partial charge is 0.484 e. The van der Waals surface area contributed by atoms with E-state index in [1.807, 2.05) is 18.2 Å². The highest BCUT2D eigenvalue weighted by atomic mass is 19.4. The van der Waals surface area contributed by atoms with E-state index in [1.165, 1.54) is 12.1 Å². The Balaban J connectivity index is 1.58. The minimum atomic E-state index is -4.40. The summed E-state index contributed by atoms with van der Waals surface area (Å²) < 4.78 is 48.3. The Morgan fingerprint density at radius 1 is 1.07 bits per heavy atom. The second-order valence-electron chi connectivity index (χ2n) is 5.98. The van der Waals surface area contributed by atoms with E-state index >= 15 is 0 Å². The number of morpholine rings is 1. The molecule has 0 aromatic heterocycles. The van der Waals surface area contributed by atoms with Crippen molar-refractivity contribution in [1.29, 1.82) is 0 Å². The Hall–Kier alpha value is -2.74. The summed E-state index contributed by atoms with van der Waals surface area (Å²) in [6, 6.07) is 11.6. The number of carbonyl (C=O) groups is 1. The van der Waals surface area contributed by atoms with Crippen LogP contribution in [-0.2, 0) is 15.7 Å². The average molecular weight is 380 g/mol. The molecular weight excluding hydrogens is 361 g/mol. The maximum absolute atomic E-state index is 12.6. The number of alkyl halides is 3. The van der Waals surface area contributed by atoms with Crippen LogP contribution in [0.25, 0.3) is 0 Å². The lowest BCUT2D eigenvalue weighted by atomic mass is 10.2. The summed E-state index contributed by atoms with van der Waals surface area (Å²) in [5.74, 6) is -0.199. The van der Waals surface area contributed by atoms with Gasteiger partial charge in [0, 0.05) is 13.1 Å². The summed E-state index contributed by atoms with van der Waals surface area (Å²) in [5, 5.41) is 2.79. The van der Waals surface area contributed by atoms with Gasteiger partial charge in [-0.15, -0.1) is 0 Å². The highest BCUT2D eigenvalue weighted by Gasteiger charge is 2.30. The number of hydrogen-bond acceptors (Lipinski definition) is 4. The number of nitrogens with one attached hydrogen (secondary N) is 1. The van der Waals surface area contributed by atoms with Crippen LogP contribution in [0, 0.1) is 0 Å². The van der Waals surface area contributed by atoms with E-state index in [4.69, 9.17) is 9.47 Å². The maximum atomic E-state index is 12.6. The van der Waals surface area contributed by atoms with Gasteiger partial charge in [0.15, 0.2) is 6.61 Å². The number of amides is 1. The van der Waals surface area contributed by atoms with E-state index in [9.17, 15) is 18.0 Å². The van der Waals surface area contributed by atoms with Crippen molar-refractivity contribution in [1.82, 2.24) is 0 Å². The maximum Gasteiger partial charge on any atom is 0.416 e. The Morgan fingerprint density at radius 2 is 1.74 bits per heavy atom. The summed E-state index contributed by atoms with van der Waals surface area (Å²) in [5.41, 5.74) is 0.780. The monoisotopic (exact) mass is 380 g/mol. The molecule has 0 atom stereocenters. The number of halogens is 3. The molecule has 1 aliphatic rings. The van der Waals surface area contributed by atoms with Gasteiger partial charge >= 0.3 is 6.18 Å². The van der Waals surface area contributed by atoms with Gasteiger partial charge in [-0.2, -0.15) is 13.2 Å². The molecule has 0 saturated carbocycles. The van der Waals surface area contributed by atoms with Crippen LogP contribution >= 0.6 is 0 Å². The van der Waals surface area contributed by atoms with Gasteiger partial charge in [0.05, 0.1) is 30.2 Å². The minimum Gasteiger partial charge on any atom is -0.484 e. The fourth-order valence-electron chi connectivity index (χ4n) is 2.73. The van der Waals surface area contributed by atoms with E-state index in [0.29, 0.717) is 18.9 Å². The number of nitrogens with zero attached hydrogens (tertiary/aromatic N) is 1. The summed E-state index contributed by atoms with van der Waals surface area (Å²) in [7, 11) is 0. The molecule has 0 bridgehead atoms. The molecule has 0 aliphatic carbocycles. The van der Waals surface area contributed by atoms with Crippen molar-refractivity contribution in [2.45, 2.75) is 6.18 Å². The van der Waals surface area contributed by atoms with Crippen LogP contribution in [-0.4, -0.2) is 38.8 Å². The zero-order chi connectivity index (χ0) is 19.3. The van der Waals surface area contributed by atoms with E-state index < -0.39 is 17.6 Å². The van der Waals surface area contributed by atoms with Gasteiger partial charge in [-0.3, -0.25) is 4.79 Å². The SMILES string of the molecule is O=C(COc1ccc(C(F)(F)F)cc1)Nc1ccccc1N1CCOCC1. The molecule has 1 fully saturated rings. The zero-order valence-electron chi connectivity index (χ0n) is 14.5. The number of rotatable bonds is 5. The molecule has 2 aromatic rings. The van der Waals surface area contributed by atoms with Crippen LogP contribution in [0.4, 0.5) is 24.5 Å². The van der Waals surface area contributed by atoms with Crippen molar-refractivity contribution in [3.05, 3.63) is 54.1 Å². The fourth-order valence-corrected chi connectivity index (χ4v) is 2.73. The van der Waals surface area contributed by atoms with Crippen LogP contribution < -0.4 is 15.0 Å². The van der Waals surface area contributed by atoms with Crippen LogP contribution in [0.5, 0.6) is 5.75 Å². The lowest BCUT2D eigenvalue weighted by molar-refractivity contribution is -0.137. The first-order valence-corrected chi connectivity index (χ1v) is 8.45. The topological polar surface area (TPSA) is 50.8 Å². The molecule has 0 unspecified atom stereocenters. The molecule has 27 heavy (non-hydrogen) atoms. The summed E-state index contributed by atoms with van der Waals surface area (Å²) in [6.07, 6.45) is -4.40. The smallest absolute Gasteiger partial charge is 0.416 e. The van der Waals surface area contributed by atoms with Crippen LogP contribution in [0.15, 0.2) is 48.5 Å². The summed E-state index contributed by atoms with van der Waals surface area (Å²) in [4.78, 5) is 14.3. The summed E-state index contributed by atoms with van der Waals surface area (Å²) >= 11 is 0. The van der Waals surface area contributed by atoms with Crippen molar-refractivity contribution in [3.63, 3.8) is 0 Å². The Labute approximate surface area is 154 Å². The van der Waals surface area contributed by atoms with Gasteiger partial charge in [-0.05, 0) is 36.4 Å². The Bertz CT molecular complexity index is 773. The molecule has 5 nitrogen and oxygen atoms in total. The highest BCUT2D eigenvalue weighted by molar-refractivity contribution is 5.95. The minimum absolute atomic E-state index is 0.194. The number of hydrogen-bond donors (Lipinski definition) is 1. The quantitative estimate of drug-likeness (QED) is 0.862. The molecule has 1 saturated heterocycles. The number of carbonyl (C=O) groups excluding carboxylic acids is 1. The van der Waals surface area contributed by atoms with Crippen molar-refractivity contribution >= 4 is 17.3 Å². The van der Waals surface area contributed by atoms with E-state index in [-0.39, 0.29) is 12.4 Å². The molecule has 0 spiro atoms. The van der Waals surface area contributed by atoms with Crippen molar-refractivity contribution < 1.29 is 27.4 Å². The fraction of sp³-hybridized carbons (Fsp3) is 0.316. The van der Waals surface area contributed by atoms with Gasteiger partial charge < -0.3 is 19.7 Å². The van der Waals surface area contributed by atoms with Gasteiger partial charge in [-0.25, -0.2) is 0 Å². The molecule has 1 aliphatic heterocycles. The van der Waals surface area contributed by atoms with Gasteiger partial charge in [-0.1, -0.05) is 12.1 Å². The molecule has 0 radical (unpaired) electrons. The second kappa shape index (κ2) is 8.30. The molecule has 8 heteroatoms. The molecule has 2 aromatic carbocycles. The number of ether oxygens (including phenoxy) is 2. The lowest BCUT2D eigenvalue weighted by Gasteiger charge is -2.30. The first-order valence-electron chi connectivity index (χ1n) is 8.45. The predicted octanol–water partition coefficient (Wildman–Crippen LogP) is 3.56. The number of benzene rings is 2. The Morgan fingerprint density at radius 3 is 2.41 bits per heavy atom. The second-order valence-corrected chi connectivity index (χ2v) is 5.98. The van der Waals surface area contributed by atoms with Crippen molar-refractivity contribution in [2.24, 2.45) is 0 Å². The van der Waals surface area contributed by atoms with Crippen LogP contribution in [0.1, 0.15) is 5.56 Å². The molecule has 144 valence electrons.